The molecule has 1 N–H and O–H groups in total. The highest BCUT2D eigenvalue weighted by atomic mass is 32.2. The monoisotopic (exact) mass is 384 g/mol. The number of nitrogens with zero attached hydrogens (tertiary/aromatic N) is 3. The van der Waals surface area contributed by atoms with Crippen LogP contribution in [0.15, 0.2) is 4.52 Å². The number of aromatic nitrogens is 2. The van der Waals surface area contributed by atoms with Gasteiger partial charge in [-0.25, -0.2) is 12.7 Å². The van der Waals surface area contributed by atoms with Gasteiger partial charge in [0.1, 0.15) is 0 Å². The van der Waals surface area contributed by atoms with E-state index in [0.29, 0.717) is 31.2 Å². The molecule has 1 saturated carbocycles. The Hall–Kier alpha value is -1.48. The second kappa shape index (κ2) is 6.92. The Labute approximate surface area is 154 Å². The van der Waals surface area contributed by atoms with Crippen LogP contribution in [0.25, 0.3) is 0 Å². The lowest BCUT2D eigenvalue weighted by Gasteiger charge is -2.25. The molecule has 0 bridgehead atoms. The number of hydrogen-bond acceptors (Lipinski definition) is 6. The van der Waals surface area contributed by atoms with E-state index in [4.69, 9.17) is 4.52 Å². The number of sulfonamides is 1. The first-order chi connectivity index (χ1) is 12.2. The van der Waals surface area contributed by atoms with Crippen LogP contribution in [0, 0.1) is 18.8 Å². The number of aryl methyl sites for hydroxylation is 1. The predicted octanol–water partition coefficient (Wildman–Crippen LogP) is 1.22. The topological polar surface area (TPSA) is 105 Å². The summed E-state index contributed by atoms with van der Waals surface area (Å²) in [6.07, 6.45) is 4.20. The SMILES string of the molecule is CCC(CC)C(=O)N[C@@H]1CC2CN(S(C)(=O)=O)C[C@@]2(c2nc(C)no2)C1. The van der Waals surface area contributed by atoms with Gasteiger partial charge in [0.15, 0.2) is 5.82 Å². The molecule has 146 valence electrons. The van der Waals surface area contributed by atoms with E-state index in [0.717, 1.165) is 19.3 Å². The molecule has 3 rings (SSSR count). The van der Waals surface area contributed by atoms with Crippen LogP contribution >= 0.6 is 0 Å². The molecule has 2 heterocycles. The fraction of sp³-hybridized carbons (Fsp3) is 0.824. The highest BCUT2D eigenvalue weighted by molar-refractivity contribution is 7.88. The summed E-state index contributed by atoms with van der Waals surface area (Å²) in [4.78, 5) is 16.9. The van der Waals surface area contributed by atoms with Crippen LogP contribution in [-0.4, -0.2) is 54.2 Å². The van der Waals surface area contributed by atoms with Gasteiger partial charge in [-0.15, -0.1) is 0 Å². The van der Waals surface area contributed by atoms with Gasteiger partial charge in [0.25, 0.3) is 0 Å². The molecule has 3 atom stereocenters. The minimum Gasteiger partial charge on any atom is -0.353 e. The summed E-state index contributed by atoms with van der Waals surface area (Å²) in [5, 5.41) is 7.07. The van der Waals surface area contributed by atoms with Crippen LogP contribution in [0.1, 0.15) is 51.2 Å². The van der Waals surface area contributed by atoms with Crippen molar-refractivity contribution in [2.75, 3.05) is 19.3 Å². The average molecular weight is 385 g/mol. The molecule has 1 aliphatic heterocycles. The second-order valence-electron chi connectivity index (χ2n) is 7.71. The summed E-state index contributed by atoms with van der Waals surface area (Å²) in [6, 6.07) is 0.00187. The second-order valence-corrected chi connectivity index (χ2v) is 9.70. The van der Waals surface area contributed by atoms with Gasteiger partial charge in [-0.05, 0) is 38.5 Å². The van der Waals surface area contributed by atoms with Gasteiger partial charge in [-0.1, -0.05) is 19.0 Å². The van der Waals surface area contributed by atoms with E-state index in [1.807, 2.05) is 13.8 Å². The maximum atomic E-state index is 12.5. The lowest BCUT2D eigenvalue weighted by Crippen LogP contribution is -2.41. The Kier molecular flexibility index (Phi) is 5.13. The maximum absolute atomic E-state index is 12.5. The third-order valence-electron chi connectivity index (χ3n) is 5.97. The number of carbonyl (C=O) groups excluding carboxylic acids is 1. The summed E-state index contributed by atoms with van der Waals surface area (Å²) in [5.41, 5.74) is -0.518. The molecule has 9 heteroatoms. The van der Waals surface area contributed by atoms with Crippen LogP contribution in [0.3, 0.4) is 0 Å². The van der Waals surface area contributed by atoms with E-state index < -0.39 is 15.4 Å². The van der Waals surface area contributed by atoms with Gasteiger partial charge in [0, 0.05) is 25.0 Å². The van der Waals surface area contributed by atoms with Crippen molar-refractivity contribution >= 4 is 15.9 Å². The highest BCUT2D eigenvalue weighted by Crippen LogP contribution is 2.50. The summed E-state index contributed by atoms with van der Waals surface area (Å²) in [5.74, 6) is 1.19. The van der Waals surface area contributed by atoms with E-state index in [2.05, 4.69) is 15.5 Å². The molecular weight excluding hydrogens is 356 g/mol. The molecule has 26 heavy (non-hydrogen) atoms. The Morgan fingerprint density at radius 3 is 2.65 bits per heavy atom. The minimum absolute atomic E-state index is 0.00187. The standard InChI is InChI=1S/C17H28N4O4S/c1-5-12(6-2)15(22)19-14-7-13-9-21(26(4,23)24)10-17(13,8-14)16-18-11(3)20-25-16/h12-14H,5-10H2,1-4H3,(H,19,22)/t13?,14-,17+/m1/s1. The van der Waals surface area contributed by atoms with Crippen molar-refractivity contribution in [3.05, 3.63) is 11.7 Å². The summed E-state index contributed by atoms with van der Waals surface area (Å²) < 4.78 is 31.1. The Balaban J connectivity index is 1.83. The maximum Gasteiger partial charge on any atom is 0.234 e. The van der Waals surface area contributed by atoms with Crippen molar-refractivity contribution < 1.29 is 17.7 Å². The fourth-order valence-electron chi connectivity index (χ4n) is 4.50. The quantitative estimate of drug-likeness (QED) is 0.791. The van der Waals surface area contributed by atoms with E-state index in [1.165, 1.54) is 10.6 Å². The van der Waals surface area contributed by atoms with E-state index in [-0.39, 0.29) is 23.8 Å². The van der Waals surface area contributed by atoms with Crippen LogP contribution in [0.4, 0.5) is 0 Å². The minimum atomic E-state index is -3.29. The normalized spacial score (nSPS) is 29.3. The zero-order valence-corrected chi connectivity index (χ0v) is 16.7. The number of carbonyl (C=O) groups is 1. The third kappa shape index (κ3) is 3.38. The van der Waals surface area contributed by atoms with Gasteiger partial charge in [-0.3, -0.25) is 4.79 Å². The van der Waals surface area contributed by atoms with Gasteiger partial charge in [0.05, 0.1) is 11.7 Å². The highest BCUT2D eigenvalue weighted by Gasteiger charge is 2.59. The molecular formula is C17H28N4O4S. The molecule has 1 unspecified atom stereocenters. The zero-order chi connectivity index (χ0) is 19.1. The first-order valence-corrected chi connectivity index (χ1v) is 11.1. The van der Waals surface area contributed by atoms with Crippen LogP contribution in [0.5, 0.6) is 0 Å². The lowest BCUT2D eigenvalue weighted by molar-refractivity contribution is -0.125. The predicted molar refractivity (Wildman–Crippen MR) is 95.9 cm³/mol. The molecule has 2 fully saturated rings. The zero-order valence-electron chi connectivity index (χ0n) is 15.9. The van der Waals surface area contributed by atoms with Crippen molar-refractivity contribution in [1.29, 1.82) is 0 Å². The smallest absolute Gasteiger partial charge is 0.234 e. The van der Waals surface area contributed by atoms with E-state index >= 15 is 0 Å². The van der Waals surface area contributed by atoms with Gasteiger partial charge in [-0.2, -0.15) is 4.98 Å². The van der Waals surface area contributed by atoms with Crippen molar-refractivity contribution in [2.45, 2.75) is 57.9 Å². The first kappa shape index (κ1) is 19.3. The van der Waals surface area contributed by atoms with E-state index in [9.17, 15) is 13.2 Å². The molecule has 2 aliphatic rings. The molecule has 1 aromatic heterocycles. The number of hydrogen-bond donors (Lipinski definition) is 1. The average Bonchev–Trinajstić information content (AvgIpc) is 3.20. The molecule has 1 saturated heterocycles. The van der Waals surface area contributed by atoms with Crippen LogP contribution in [0.2, 0.25) is 0 Å². The summed E-state index contributed by atoms with van der Waals surface area (Å²) in [7, 11) is -3.29. The molecule has 1 aromatic rings. The number of nitrogens with one attached hydrogen (secondary N) is 1. The summed E-state index contributed by atoms with van der Waals surface area (Å²) >= 11 is 0. The van der Waals surface area contributed by atoms with Gasteiger partial charge in [0.2, 0.25) is 21.8 Å². The Morgan fingerprint density at radius 2 is 2.12 bits per heavy atom. The van der Waals surface area contributed by atoms with Crippen LogP contribution in [-0.2, 0) is 20.2 Å². The molecule has 0 aromatic carbocycles. The van der Waals surface area contributed by atoms with Crippen molar-refractivity contribution in [1.82, 2.24) is 19.8 Å². The first-order valence-electron chi connectivity index (χ1n) is 9.26. The summed E-state index contributed by atoms with van der Waals surface area (Å²) in [6.45, 7) is 6.55. The van der Waals surface area contributed by atoms with Crippen LogP contribution < -0.4 is 5.32 Å². The molecule has 0 spiro atoms. The molecule has 1 amide bonds. The lowest BCUT2D eigenvalue weighted by atomic mass is 9.80. The fourth-order valence-corrected chi connectivity index (χ4v) is 5.41. The number of amides is 1. The van der Waals surface area contributed by atoms with E-state index in [1.54, 1.807) is 6.92 Å². The number of rotatable bonds is 6. The van der Waals surface area contributed by atoms with Gasteiger partial charge < -0.3 is 9.84 Å². The number of fused-ring (bicyclic) bond motifs is 1. The van der Waals surface area contributed by atoms with Gasteiger partial charge >= 0.3 is 0 Å². The molecule has 1 aliphatic carbocycles. The molecule has 0 radical (unpaired) electrons. The largest absolute Gasteiger partial charge is 0.353 e. The molecule has 8 nitrogen and oxygen atoms in total. The van der Waals surface area contributed by atoms with Crippen molar-refractivity contribution in [2.24, 2.45) is 11.8 Å². The Bertz CT molecular complexity index is 773. The van der Waals surface area contributed by atoms with Crippen molar-refractivity contribution in [3.63, 3.8) is 0 Å². The van der Waals surface area contributed by atoms with Crippen molar-refractivity contribution in [3.8, 4) is 0 Å². The third-order valence-corrected chi connectivity index (χ3v) is 7.19. The Morgan fingerprint density at radius 1 is 1.42 bits per heavy atom.